The van der Waals surface area contributed by atoms with E-state index in [9.17, 15) is 9.59 Å². The Morgan fingerprint density at radius 2 is 1.89 bits per heavy atom. The highest BCUT2D eigenvalue weighted by molar-refractivity contribution is 5.74. The Morgan fingerprint density at radius 3 is 2.53 bits per heavy atom. The molecule has 6 heteroatoms. The van der Waals surface area contributed by atoms with Crippen molar-refractivity contribution in [2.75, 3.05) is 32.9 Å². The maximum absolute atomic E-state index is 11.8. The Balaban J connectivity index is 1.69. The number of ether oxygens (including phenoxy) is 1. The molecule has 6 nitrogen and oxygen atoms in total. The molecule has 19 heavy (non-hydrogen) atoms. The van der Waals surface area contributed by atoms with Gasteiger partial charge in [-0.1, -0.05) is 18.2 Å². The van der Waals surface area contributed by atoms with E-state index in [-0.39, 0.29) is 12.8 Å². The van der Waals surface area contributed by atoms with Crippen molar-refractivity contribution in [2.45, 2.75) is 0 Å². The Kier molecular flexibility index (Phi) is 4.60. The lowest BCUT2D eigenvalue weighted by Gasteiger charge is -2.32. The van der Waals surface area contributed by atoms with E-state index in [0.29, 0.717) is 31.9 Å². The molecule has 0 radical (unpaired) electrons. The normalized spacial score (nSPS) is 14.9. The second-order valence-electron chi connectivity index (χ2n) is 4.21. The molecule has 1 aliphatic heterocycles. The maximum atomic E-state index is 11.8. The Morgan fingerprint density at radius 1 is 1.21 bits per heavy atom. The largest absolute Gasteiger partial charge is 0.473 e. The van der Waals surface area contributed by atoms with Crippen molar-refractivity contribution in [3.05, 3.63) is 30.3 Å². The van der Waals surface area contributed by atoms with Gasteiger partial charge in [-0.2, -0.15) is 0 Å². The fourth-order valence-electron chi connectivity index (χ4n) is 1.84. The second-order valence-corrected chi connectivity index (χ2v) is 4.21. The number of carbonyl (C=O) groups is 2. The minimum atomic E-state index is -0.165. The summed E-state index contributed by atoms with van der Waals surface area (Å²) in [4.78, 5) is 25.7. The van der Waals surface area contributed by atoms with E-state index in [0.717, 1.165) is 6.41 Å². The van der Waals surface area contributed by atoms with E-state index in [2.05, 4.69) is 5.32 Å². The van der Waals surface area contributed by atoms with E-state index in [1.165, 1.54) is 0 Å². The van der Waals surface area contributed by atoms with E-state index in [1.807, 2.05) is 30.3 Å². The lowest BCUT2D eigenvalue weighted by atomic mass is 10.3. The molecule has 0 atom stereocenters. The minimum absolute atomic E-state index is 0.136. The highest BCUT2D eigenvalue weighted by Crippen LogP contribution is 2.07. The van der Waals surface area contributed by atoms with E-state index < -0.39 is 0 Å². The number of benzene rings is 1. The quantitative estimate of drug-likeness (QED) is 0.636. The van der Waals surface area contributed by atoms with Crippen molar-refractivity contribution >= 4 is 12.4 Å². The predicted molar refractivity (Wildman–Crippen MR) is 69.7 cm³/mol. The first-order chi connectivity index (χ1) is 9.29. The third-order valence-electron chi connectivity index (χ3n) is 2.96. The average Bonchev–Trinajstić information content (AvgIpc) is 2.48. The molecular weight excluding hydrogens is 246 g/mol. The molecule has 0 spiro atoms. The van der Waals surface area contributed by atoms with Gasteiger partial charge in [-0.15, -0.1) is 0 Å². The fourth-order valence-corrected chi connectivity index (χ4v) is 1.84. The number of carbonyl (C=O) groups excluding carboxylic acids is 2. The molecule has 0 saturated carbocycles. The molecule has 102 valence electrons. The molecule has 0 bridgehead atoms. The van der Waals surface area contributed by atoms with Crippen LogP contribution in [0.15, 0.2) is 30.3 Å². The standard InChI is InChI=1S/C13H17N3O3/c17-11-15-6-8-16(9-7-15)13(18)14-10-19-12-4-2-1-3-5-12/h1-5,11H,6-10H2,(H,14,18). The SMILES string of the molecule is O=CN1CCN(C(=O)NCOc2ccccc2)CC1. The first-order valence-electron chi connectivity index (χ1n) is 6.19. The van der Waals surface area contributed by atoms with Crippen LogP contribution in [0.3, 0.4) is 0 Å². The van der Waals surface area contributed by atoms with Crippen LogP contribution in [-0.2, 0) is 4.79 Å². The molecule has 0 aliphatic carbocycles. The molecule has 0 unspecified atom stereocenters. The van der Waals surface area contributed by atoms with Crippen LogP contribution in [0.5, 0.6) is 5.75 Å². The number of hydrogen-bond donors (Lipinski definition) is 1. The Bertz CT molecular complexity index is 416. The molecule has 1 aliphatic rings. The first kappa shape index (κ1) is 13.2. The number of rotatable bonds is 4. The average molecular weight is 263 g/mol. The molecule has 1 aromatic carbocycles. The first-order valence-corrected chi connectivity index (χ1v) is 6.19. The summed E-state index contributed by atoms with van der Waals surface area (Å²) in [5.41, 5.74) is 0. The zero-order chi connectivity index (χ0) is 13.5. The second kappa shape index (κ2) is 6.63. The van der Waals surface area contributed by atoms with E-state index >= 15 is 0 Å². The molecule has 2 rings (SSSR count). The molecule has 1 N–H and O–H groups in total. The summed E-state index contributed by atoms with van der Waals surface area (Å²) in [5, 5.41) is 2.69. The maximum Gasteiger partial charge on any atom is 0.320 e. The topological polar surface area (TPSA) is 61.9 Å². The summed E-state index contributed by atoms with van der Waals surface area (Å²) in [6.45, 7) is 2.40. The summed E-state index contributed by atoms with van der Waals surface area (Å²) in [7, 11) is 0. The summed E-state index contributed by atoms with van der Waals surface area (Å²) < 4.78 is 5.38. The van der Waals surface area contributed by atoms with Crippen molar-refractivity contribution in [3.8, 4) is 5.75 Å². The Hall–Kier alpha value is -2.24. The van der Waals surface area contributed by atoms with Crippen molar-refractivity contribution < 1.29 is 14.3 Å². The number of amides is 3. The van der Waals surface area contributed by atoms with Gasteiger partial charge in [0.2, 0.25) is 6.41 Å². The van der Waals surface area contributed by atoms with Gasteiger partial charge in [0.1, 0.15) is 5.75 Å². The van der Waals surface area contributed by atoms with Gasteiger partial charge in [0, 0.05) is 26.2 Å². The third kappa shape index (κ3) is 3.87. The zero-order valence-corrected chi connectivity index (χ0v) is 10.6. The molecule has 1 fully saturated rings. The minimum Gasteiger partial charge on any atom is -0.473 e. The number of urea groups is 1. The van der Waals surface area contributed by atoms with Gasteiger partial charge in [0.05, 0.1) is 0 Å². The van der Waals surface area contributed by atoms with E-state index in [1.54, 1.807) is 9.80 Å². The lowest BCUT2D eigenvalue weighted by molar-refractivity contribution is -0.119. The van der Waals surface area contributed by atoms with Crippen LogP contribution in [0.25, 0.3) is 0 Å². The molecular formula is C13H17N3O3. The van der Waals surface area contributed by atoms with Crippen LogP contribution < -0.4 is 10.1 Å². The van der Waals surface area contributed by atoms with Crippen LogP contribution >= 0.6 is 0 Å². The smallest absolute Gasteiger partial charge is 0.320 e. The monoisotopic (exact) mass is 263 g/mol. The highest BCUT2D eigenvalue weighted by atomic mass is 16.5. The van der Waals surface area contributed by atoms with Gasteiger partial charge >= 0.3 is 6.03 Å². The molecule has 1 heterocycles. The number of piperazine rings is 1. The molecule has 1 saturated heterocycles. The highest BCUT2D eigenvalue weighted by Gasteiger charge is 2.19. The third-order valence-corrected chi connectivity index (χ3v) is 2.96. The van der Waals surface area contributed by atoms with Crippen molar-refractivity contribution in [1.29, 1.82) is 0 Å². The van der Waals surface area contributed by atoms with Gasteiger partial charge in [-0.3, -0.25) is 4.79 Å². The van der Waals surface area contributed by atoms with Crippen molar-refractivity contribution in [1.82, 2.24) is 15.1 Å². The fraction of sp³-hybridized carbons (Fsp3) is 0.385. The number of para-hydroxylation sites is 1. The zero-order valence-electron chi connectivity index (χ0n) is 10.6. The van der Waals surface area contributed by atoms with Gasteiger partial charge < -0.3 is 19.9 Å². The number of nitrogens with one attached hydrogen (secondary N) is 1. The Labute approximate surface area is 111 Å². The van der Waals surface area contributed by atoms with Crippen LogP contribution in [0.4, 0.5) is 4.79 Å². The summed E-state index contributed by atoms with van der Waals surface area (Å²) in [5.74, 6) is 0.716. The van der Waals surface area contributed by atoms with Crippen LogP contribution in [0.1, 0.15) is 0 Å². The molecule has 1 aromatic rings. The van der Waals surface area contributed by atoms with Gasteiger partial charge in [-0.25, -0.2) is 4.79 Å². The van der Waals surface area contributed by atoms with Gasteiger partial charge in [0.15, 0.2) is 6.73 Å². The molecule has 3 amide bonds. The van der Waals surface area contributed by atoms with Crippen molar-refractivity contribution in [2.24, 2.45) is 0 Å². The predicted octanol–water partition coefficient (Wildman–Crippen LogP) is 0.506. The summed E-state index contributed by atoms with van der Waals surface area (Å²) in [6.07, 6.45) is 0.813. The molecule has 0 aromatic heterocycles. The lowest BCUT2D eigenvalue weighted by Crippen LogP contribution is -2.51. The van der Waals surface area contributed by atoms with Crippen molar-refractivity contribution in [3.63, 3.8) is 0 Å². The van der Waals surface area contributed by atoms with Crippen LogP contribution in [0, 0.1) is 0 Å². The van der Waals surface area contributed by atoms with Gasteiger partial charge in [-0.05, 0) is 12.1 Å². The van der Waals surface area contributed by atoms with Crippen LogP contribution in [-0.4, -0.2) is 55.2 Å². The number of hydrogen-bond acceptors (Lipinski definition) is 3. The summed E-state index contributed by atoms with van der Waals surface area (Å²) in [6, 6.07) is 9.13. The van der Waals surface area contributed by atoms with E-state index in [4.69, 9.17) is 4.74 Å². The van der Waals surface area contributed by atoms with Gasteiger partial charge in [0.25, 0.3) is 0 Å². The summed E-state index contributed by atoms with van der Waals surface area (Å²) >= 11 is 0. The number of nitrogens with zero attached hydrogens (tertiary/aromatic N) is 2. The van der Waals surface area contributed by atoms with Crippen LogP contribution in [0.2, 0.25) is 0 Å².